The van der Waals surface area contributed by atoms with E-state index in [2.05, 4.69) is 6.58 Å². The number of esters is 2. The number of hydrogen-bond donors (Lipinski definition) is 0. The normalized spacial score (nSPS) is 18.5. The van der Waals surface area contributed by atoms with Crippen molar-refractivity contribution in [2.24, 2.45) is 11.3 Å². The number of Topliss-reactive ketones (excluding diaryl/α,β-unsaturated/α-hetero) is 1. The summed E-state index contributed by atoms with van der Waals surface area (Å²) in [6.45, 7) is 3.87. The van der Waals surface area contributed by atoms with Crippen LogP contribution < -0.4 is 4.74 Å². The third-order valence-corrected chi connectivity index (χ3v) is 4.82. The first kappa shape index (κ1) is 18.7. The summed E-state index contributed by atoms with van der Waals surface area (Å²) in [7, 11) is 3.96. The highest BCUT2D eigenvalue weighted by Gasteiger charge is 2.59. The van der Waals surface area contributed by atoms with Crippen LogP contribution in [0.15, 0.2) is 36.4 Å². The molecule has 0 aromatic heterocycles. The van der Waals surface area contributed by atoms with Crippen LogP contribution in [0.25, 0.3) is 0 Å². The van der Waals surface area contributed by atoms with Gasteiger partial charge in [0.15, 0.2) is 11.2 Å². The van der Waals surface area contributed by atoms with E-state index in [0.29, 0.717) is 29.7 Å². The molecule has 1 aliphatic rings. The highest BCUT2D eigenvalue weighted by atomic mass is 16.5. The molecule has 6 nitrogen and oxygen atoms in total. The maximum Gasteiger partial charge on any atom is 0.327 e. The highest BCUT2D eigenvalue weighted by Crippen LogP contribution is 2.50. The zero-order valence-electron chi connectivity index (χ0n) is 14.7. The summed E-state index contributed by atoms with van der Waals surface area (Å²) in [4.78, 5) is 37.5. The first-order valence-electron chi connectivity index (χ1n) is 7.94. The van der Waals surface area contributed by atoms with Gasteiger partial charge in [0.05, 0.1) is 21.3 Å². The van der Waals surface area contributed by atoms with Gasteiger partial charge in [0.1, 0.15) is 5.75 Å². The van der Waals surface area contributed by atoms with Crippen molar-refractivity contribution in [3.05, 3.63) is 42.0 Å². The van der Waals surface area contributed by atoms with Crippen molar-refractivity contribution in [2.75, 3.05) is 21.3 Å². The molecule has 0 heterocycles. The molecule has 2 rings (SSSR count). The molecule has 0 spiro atoms. The van der Waals surface area contributed by atoms with E-state index in [4.69, 9.17) is 14.2 Å². The Bertz CT molecular complexity index is 672. The van der Waals surface area contributed by atoms with Gasteiger partial charge in [-0.25, -0.2) is 0 Å². The molecule has 134 valence electrons. The number of ether oxygens (including phenoxy) is 3. The predicted molar refractivity (Wildman–Crippen MR) is 90.3 cm³/mol. The van der Waals surface area contributed by atoms with Gasteiger partial charge >= 0.3 is 11.9 Å². The second kappa shape index (κ2) is 7.51. The van der Waals surface area contributed by atoms with Gasteiger partial charge in [-0.1, -0.05) is 6.58 Å². The molecule has 1 fully saturated rings. The Morgan fingerprint density at radius 3 is 2.12 bits per heavy atom. The smallest absolute Gasteiger partial charge is 0.327 e. The van der Waals surface area contributed by atoms with Gasteiger partial charge in [-0.15, -0.1) is 0 Å². The summed E-state index contributed by atoms with van der Waals surface area (Å²) in [5.41, 5.74) is -0.702. The SMILES string of the molecule is C=C1CCC(CC(=O)c2ccc(OC)cc2)C1(C(=O)OC)C(=O)OC. The van der Waals surface area contributed by atoms with E-state index >= 15 is 0 Å². The average Bonchev–Trinajstić information content (AvgIpc) is 2.97. The maximum atomic E-state index is 12.6. The molecule has 25 heavy (non-hydrogen) atoms. The highest BCUT2D eigenvalue weighted by molar-refractivity contribution is 6.05. The minimum Gasteiger partial charge on any atom is -0.497 e. The fourth-order valence-electron chi connectivity index (χ4n) is 3.45. The minimum absolute atomic E-state index is 0.0234. The maximum absolute atomic E-state index is 12.6. The molecule has 0 amide bonds. The second-order valence-electron chi connectivity index (χ2n) is 5.99. The molecule has 0 aliphatic heterocycles. The molecular formula is C19H22O6. The fourth-order valence-corrected chi connectivity index (χ4v) is 3.45. The van der Waals surface area contributed by atoms with E-state index in [9.17, 15) is 14.4 Å². The quantitative estimate of drug-likeness (QED) is 0.341. The van der Waals surface area contributed by atoms with Gasteiger partial charge in [0, 0.05) is 12.0 Å². The molecule has 1 unspecified atom stereocenters. The van der Waals surface area contributed by atoms with Crippen molar-refractivity contribution in [1.82, 2.24) is 0 Å². The Morgan fingerprint density at radius 1 is 1.08 bits per heavy atom. The van der Waals surface area contributed by atoms with Crippen LogP contribution in [0.1, 0.15) is 29.6 Å². The second-order valence-corrected chi connectivity index (χ2v) is 5.99. The lowest BCUT2D eigenvalue weighted by Crippen LogP contribution is -2.45. The number of rotatable bonds is 6. The Labute approximate surface area is 146 Å². The van der Waals surface area contributed by atoms with Gasteiger partial charge < -0.3 is 14.2 Å². The molecule has 0 saturated heterocycles. The van der Waals surface area contributed by atoms with Crippen LogP contribution in [-0.4, -0.2) is 39.1 Å². The largest absolute Gasteiger partial charge is 0.497 e. The average molecular weight is 346 g/mol. The lowest BCUT2D eigenvalue weighted by molar-refractivity contribution is -0.168. The molecule has 0 radical (unpaired) electrons. The summed E-state index contributed by atoms with van der Waals surface area (Å²) in [6.07, 6.45) is 0.977. The van der Waals surface area contributed by atoms with Crippen molar-refractivity contribution in [1.29, 1.82) is 0 Å². The first-order chi connectivity index (χ1) is 11.9. The minimum atomic E-state index is -1.62. The first-order valence-corrected chi connectivity index (χ1v) is 7.94. The Morgan fingerprint density at radius 2 is 1.64 bits per heavy atom. The molecule has 0 N–H and O–H groups in total. The van der Waals surface area contributed by atoms with Crippen LogP contribution in [0.3, 0.4) is 0 Å². The third kappa shape index (κ3) is 3.16. The molecular weight excluding hydrogens is 324 g/mol. The number of carbonyl (C=O) groups excluding carboxylic acids is 3. The summed E-state index contributed by atoms with van der Waals surface area (Å²) in [5.74, 6) is -1.53. The van der Waals surface area contributed by atoms with E-state index in [1.54, 1.807) is 31.4 Å². The monoisotopic (exact) mass is 346 g/mol. The van der Waals surface area contributed by atoms with Crippen LogP contribution >= 0.6 is 0 Å². The molecule has 1 aromatic rings. The van der Waals surface area contributed by atoms with Crippen molar-refractivity contribution >= 4 is 17.7 Å². The fraction of sp³-hybridized carbons (Fsp3) is 0.421. The van der Waals surface area contributed by atoms with Gasteiger partial charge in [0.2, 0.25) is 0 Å². The van der Waals surface area contributed by atoms with Gasteiger partial charge in [-0.3, -0.25) is 14.4 Å². The zero-order chi connectivity index (χ0) is 18.6. The van der Waals surface area contributed by atoms with E-state index in [-0.39, 0.29) is 12.2 Å². The number of hydrogen-bond acceptors (Lipinski definition) is 6. The van der Waals surface area contributed by atoms with Gasteiger partial charge in [0.25, 0.3) is 0 Å². The zero-order valence-corrected chi connectivity index (χ0v) is 14.7. The van der Waals surface area contributed by atoms with E-state index < -0.39 is 23.3 Å². The molecule has 1 aromatic carbocycles. The van der Waals surface area contributed by atoms with Gasteiger partial charge in [-0.2, -0.15) is 0 Å². The topological polar surface area (TPSA) is 78.9 Å². The summed E-state index contributed by atoms with van der Waals surface area (Å²) in [6, 6.07) is 6.69. The summed E-state index contributed by atoms with van der Waals surface area (Å²) in [5, 5.41) is 0. The van der Waals surface area contributed by atoms with Crippen LogP contribution in [-0.2, 0) is 19.1 Å². The lowest BCUT2D eigenvalue weighted by atomic mass is 9.73. The number of benzene rings is 1. The summed E-state index contributed by atoms with van der Waals surface area (Å²) < 4.78 is 14.8. The van der Waals surface area contributed by atoms with Crippen LogP contribution in [0, 0.1) is 11.3 Å². The van der Waals surface area contributed by atoms with Crippen LogP contribution in [0.2, 0.25) is 0 Å². The van der Waals surface area contributed by atoms with Gasteiger partial charge in [-0.05, 0) is 48.6 Å². The predicted octanol–water partition coefficient (Wildman–Crippen LogP) is 2.57. The number of methoxy groups -OCH3 is 3. The van der Waals surface area contributed by atoms with Crippen LogP contribution in [0.4, 0.5) is 0 Å². The molecule has 1 saturated carbocycles. The molecule has 6 heteroatoms. The lowest BCUT2D eigenvalue weighted by Gasteiger charge is -2.30. The van der Waals surface area contributed by atoms with Crippen molar-refractivity contribution in [3.8, 4) is 5.75 Å². The molecule has 1 atom stereocenters. The Hall–Kier alpha value is -2.63. The van der Waals surface area contributed by atoms with Crippen molar-refractivity contribution in [3.63, 3.8) is 0 Å². The van der Waals surface area contributed by atoms with Crippen LogP contribution in [0.5, 0.6) is 5.75 Å². The Balaban J connectivity index is 2.32. The van der Waals surface area contributed by atoms with E-state index in [1.165, 1.54) is 14.2 Å². The van der Waals surface area contributed by atoms with E-state index in [1.807, 2.05) is 0 Å². The summed E-state index contributed by atoms with van der Waals surface area (Å²) >= 11 is 0. The third-order valence-electron chi connectivity index (χ3n) is 4.82. The Kier molecular flexibility index (Phi) is 5.62. The molecule has 1 aliphatic carbocycles. The van der Waals surface area contributed by atoms with Crippen molar-refractivity contribution in [2.45, 2.75) is 19.3 Å². The molecule has 0 bridgehead atoms. The number of carbonyl (C=O) groups is 3. The standard InChI is InChI=1S/C19H22O6/c1-12-5-8-14(19(12,17(21)24-3)18(22)25-4)11-16(20)13-6-9-15(23-2)10-7-13/h6-7,9-10,14H,1,5,8,11H2,2-4H3. The number of ketones is 1. The van der Waals surface area contributed by atoms with E-state index in [0.717, 1.165) is 0 Å². The van der Waals surface area contributed by atoms with Crippen molar-refractivity contribution < 1.29 is 28.6 Å².